The van der Waals surface area contributed by atoms with E-state index in [1.165, 1.54) is 13.5 Å². The molecule has 1 amide bonds. The number of likely N-dealkylation sites (tertiary alicyclic amines) is 1. The number of ether oxygens (including phenoxy) is 3. The molecule has 0 saturated carbocycles. The average Bonchev–Trinajstić information content (AvgIpc) is 3.90. The van der Waals surface area contributed by atoms with Crippen molar-refractivity contribution in [1.82, 2.24) is 20.1 Å². The highest BCUT2D eigenvalue weighted by molar-refractivity contribution is 5.88. The van der Waals surface area contributed by atoms with Gasteiger partial charge < -0.3 is 33.1 Å². The van der Waals surface area contributed by atoms with Crippen molar-refractivity contribution in [3.05, 3.63) is 131 Å². The number of aliphatic hydroxyl groups is 1. The number of hydrogen-bond donors (Lipinski definition) is 1. The van der Waals surface area contributed by atoms with Crippen molar-refractivity contribution < 1.29 is 42.5 Å². The topological polar surface area (TPSA) is 167 Å². The van der Waals surface area contributed by atoms with E-state index in [-0.39, 0.29) is 36.6 Å². The van der Waals surface area contributed by atoms with Crippen molar-refractivity contribution in [2.24, 2.45) is 5.92 Å². The molecule has 2 aromatic heterocycles. The molecule has 0 aliphatic carbocycles. The Kier molecular flexibility index (Phi) is 12.8. The SMILES string of the molecule is CCOC(=O)c1nnc(C(Cc2ccccc2)C(Cc2ccccc2OCC(=O)N2CCC(O)CC2)C(Cc2ccccc2)c2ocnc2C(=O)OC)o1. The first-order valence-electron chi connectivity index (χ1n) is 18.1. The fraction of sp³-hybridized carbons (Fsp3) is 0.366. The molecule has 3 aromatic carbocycles. The highest BCUT2D eigenvalue weighted by Crippen LogP contribution is 2.44. The molecule has 5 aromatic rings. The van der Waals surface area contributed by atoms with Gasteiger partial charge in [0.15, 0.2) is 18.7 Å². The molecular formula is C41H44N4O9. The van der Waals surface area contributed by atoms with Gasteiger partial charge in [-0.15, -0.1) is 10.2 Å². The van der Waals surface area contributed by atoms with Gasteiger partial charge in [0.2, 0.25) is 5.89 Å². The van der Waals surface area contributed by atoms with Crippen LogP contribution in [0.5, 0.6) is 5.75 Å². The summed E-state index contributed by atoms with van der Waals surface area (Å²) >= 11 is 0. The second-order valence-corrected chi connectivity index (χ2v) is 13.2. The van der Waals surface area contributed by atoms with Crippen LogP contribution in [0.15, 0.2) is 100 Å². The van der Waals surface area contributed by atoms with Gasteiger partial charge in [0.05, 0.1) is 19.8 Å². The normalized spacial score (nSPS) is 14.9. The molecule has 3 unspecified atom stereocenters. The number of oxazole rings is 1. The molecule has 54 heavy (non-hydrogen) atoms. The summed E-state index contributed by atoms with van der Waals surface area (Å²) in [5.41, 5.74) is 2.76. The molecule has 0 bridgehead atoms. The number of carbonyl (C=O) groups is 3. The fourth-order valence-corrected chi connectivity index (χ4v) is 7.00. The maximum Gasteiger partial charge on any atom is 0.396 e. The van der Waals surface area contributed by atoms with Gasteiger partial charge in [-0.2, -0.15) is 0 Å². The molecule has 3 heterocycles. The van der Waals surface area contributed by atoms with E-state index in [1.54, 1.807) is 11.8 Å². The van der Waals surface area contributed by atoms with Crippen molar-refractivity contribution in [1.29, 1.82) is 0 Å². The van der Waals surface area contributed by atoms with E-state index < -0.39 is 35.8 Å². The second kappa shape index (κ2) is 18.3. The van der Waals surface area contributed by atoms with E-state index >= 15 is 0 Å². The Morgan fingerprint density at radius 3 is 2.17 bits per heavy atom. The standard InChI is InChI=1S/C41H44N4O9/c1-3-51-41(49)39-44-43-38(54-39)33(23-28-14-8-5-9-15-28)31(32(22-27-12-6-4-7-13-27)37-36(40(48)50-2)42-26-53-37)24-29-16-10-11-17-34(29)52-25-35(47)45-20-18-30(46)19-21-45/h4-17,26,30-33,46H,3,18-25H2,1-2H3. The molecule has 1 aliphatic heterocycles. The maximum atomic E-state index is 13.2. The number of para-hydroxylation sites is 1. The van der Waals surface area contributed by atoms with Gasteiger partial charge >= 0.3 is 17.8 Å². The van der Waals surface area contributed by atoms with Gasteiger partial charge in [-0.3, -0.25) is 4.79 Å². The maximum absolute atomic E-state index is 13.2. The van der Waals surface area contributed by atoms with Crippen LogP contribution in [0.1, 0.15) is 81.1 Å². The molecule has 0 radical (unpaired) electrons. The predicted molar refractivity (Wildman–Crippen MR) is 195 cm³/mol. The molecule has 1 saturated heterocycles. The summed E-state index contributed by atoms with van der Waals surface area (Å²) in [5, 5.41) is 18.4. The van der Waals surface area contributed by atoms with Crippen LogP contribution in [0.3, 0.4) is 0 Å². The highest BCUT2D eigenvalue weighted by Gasteiger charge is 2.40. The molecule has 1 N–H and O–H groups in total. The summed E-state index contributed by atoms with van der Waals surface area (Å²) in [7, 11) is 1.29. The summed E-state index contributed by atoms with van der Waals surface area (Å²) in [6.45, 7) is 2.57. The Balaban J connectivity index is 1.46. The zero-order chi connectivity index (χ0) is 37.9. The third-order valence-corrected chi connectivity index (χ3v) is 9.75. The third-order valence-electron chi connectivity index (χ3n) is 9.75. The van der Waals surface area contributed by atoms with Gasteiger partial charge in [0.25, 0.3) is 5.91 Å². The zero-order valence-corrected chi connectivity index (χ0v) is 30.3. The molecule has 13 heteroatoms. The van der Waals surface area contributed by atoms with Crippen molar-refractivity contribution in [3.8, 4) is 5.75 Å². The number of rotatable bonds is 16. The van der Waals surface area contributed by atoms with E-state index in [4.69, 9.17) is 23.0 Å². The van der Waals surface area contributed by atoms with Gasteiger partial charge in [0, 0.05) is 24.9 Å². The first-order valence-corrected chi connectivity index (χ1v) is 18.1. The van der Waals surface area contributed by atoms with Crippen LogP contribution in [-0.4, -0.2) is 82.6 Å². The van der Waals surface area contributed by atoms with E-state index in [0.29, 0.717) is 56.7 Å². The number of benzene rings is 3. The molecule has 1 fully saturated rings. The van der Waals surface area contributed by atoms with E-state index in [1.807, 2.05) is 84.9 Å². The first kappa shape index (κ1) is 37.9. The number of esters is 2. The minimum absolute atomic E-state index is 0.0430. The molecule has 282 valence electrons. The van der Waals surface area contributed by atoms with Crippen molar-refractivity contribution >= 4 is 17.8 Å². The number of piperidine rings is 1. The predicted octanol–water partition coefficient (Wildman–Crippen LogP) is 5.59. The van der Waals surface area contributed by atoms with Crippen LogP contribution >= 0.6 is 0 Å². The van der Waals surface area contributed by atoms with Gasteiger partial charge in [-0.05, 0) is 67.7 Å². The van der Waals surface area contributed by atoms with Crippen LogP contribution in [-0.2, 0) is 33.5 Å². The second-order valence-electron chi connectivity index (χ2n) is 13.2. The average molecular weight is 737 g/mol. The number of carbonyl (C=O) groups excluding carboxylic acids is 3. The van der Waals surface area contributed by atoms with Crippen molar-refractivity contribution in [3.63, 3.8) is 0 Å². The van der Waals surface area contributed by atoms with Crippen molar-refractivity contribution in [2.75, 3.05) is 33.4 Å². The Labute approximate surface area is 313 Å². The number of amides is 1. The number of aliphatic hydroxyl groups excluding tert-OH is 1. The molecule has 0 spiro atoms. The van der Waals surface area contributed by atoms with E-state index in [2.05, 4.69) is 15.2 Å². The fourth-order valence-electron chi connectivity index (χ4n) is 7.00. The molecule has 3 atom stereocenters. The van der Waals surface area contributed by atoms with Gasteiger partial charge in [-0.1, -0.05) is 78.9 Å². The lowest BCUT2D eigenvalue weighted by molar-refractivity contribution is -0.135. The highest BCUT2D eigenvalue weighted by atomic mass is 16.5. The van der Waals surface area contributed by atoms with Crippen LogP contribution in [0.4, 0.5) is 0 Å². The monoisotopic (exact) mass is 736 g/mol. The summed E-state index contributed by atoms with van der Waals surface area (Å²) in [6, 6.07) is 27.1. The largest absolute Gasteiger partial charge is 0.483 e. The summed E-state index contributed by atoms with van der Waals surface area (Å²) in [6.07, 6.45) is 3.03. The minimum atomic E-state index is -0.734. The minimum Gasteiger partial charge on any atom is -0.483 e. The lowest BCUT2D eigenvalue weighted by Crippen LogP contribution is -2.42. The van der Waals surface area contributed by atoms with Crippen LogP contribution in [0.2, 0.25) is 0 Å². The lowest BCUT2D eigenvalue weighted by atomic mass is 9.71. The Morgan fingerprint density at radius 2 is 1.50 bits per heavy atom. The number of methoxy groups -OCH3 is 1. The lowest BCUT2D eigenvalue weighted by Gasteiger charge is -2.32. The zero-order valence-electron chi connectivity index (χ0n) is 30.3. The first-order chi connectivity index (χ1) is 26.3. The molecular weight excluding hydrogens is 692 g/mol. The molecule has 6 rings (SSSR count). The molecule has 13 nitrogen and oxygen atoms in total. The van der Waals surface area contributed by atoms with Gasteiger partial charge in [-0.25, -0.2) is 14.6 Å². The quantitative estimate of drug-likeness (QED) is 0.125. The summed E-state index contributed by atoms with van der Waals surface area (Å²) in [5.74, 6) is -2.36. The Morgan fingerprint density at radius 1 is 0.852 bits per heavy atom. The number of hydrogen-bond acceptors (Lipinski definition) is 12. The Hall–Kier alpha value is -5.82. The number of aromatic nitrogens is 3. The van der Waals surface area contributed by atoms with Crippen LogP contribution < -0.4 is 4.74 Å². The van der Waals surface area contributed by atoms with E-state index in [0.717, 1.165) is 16.7 Å². The smallest absolute Gasteiger partial charge is 0.396 e. The van der Waals surface area contributed by atoms with Crippen LogP contribution in [0, 0.1) is 5.92 Å². The van der Waals surface area contributed by atoms with Gasteiger partial charge in [0.1, 0.15) is 11.5 Å². The Bertz CT molecular complexity index is 1970. The van der Waals surface area contributed by atoms with Crippen molar-refractivity contribution in [2.45, 2.75) is 57.0 Å². The summed E-state index contributed by atoms with van der Waals surface area (Å²) in [4.78, 5) is 45.1. The van der Waals surface area contributed by atoms with Crippen LogP contribution in [0.25, 0.3) is 0 Å². The third kappa shape index (κ3) is 9.39. The number of nitrogens with zero attached hydrogens (tertiary/aromatic N) is 4. The summed E-state index contributed by atoms with van der Waals surface area (Å²) < 4.78 is 28.7. The molecule has 1 aliphatic rings. The van der Waals surface area contributed by atoms with E-state index in [9.17, 15) is 19.5 Å².